The molecule has 1 aliphatic heterocycles. The Balaban J connectivity index is 1.35. The third-order valence-corrected chi connectivity index (χ3v) is 7.96. The number of fused-ring (bicyclic) bond motifs is 1. The van der Waals surface area contributed by atoms with E-state index in [2.05, 4.69) is 25.8 Å². The molecule has 0 radical (unpaired) electrons. The molecular formula is C26H29N5O4S. The molecule has 1 atom stereocenters. The summed E-state index contributed by atoms with van der Waals surface area (Å²) in [6.45, 7) is 6.33. The van der Waals surface area contributed by atoms with Crippen molar-refractivity contribution in [3.8, 4) is 34.7 Å². The summed E-state index contributed by atoms with van der Waals surface area (Å²) in [6.07, 6.45) is 2.49. The van der Waals surface area contributed by atoms with Gasteiger partial charge < -0.3 is 14.2 Å². The topological polar surface area (TPSA) is 121 Å². The van der Waals surface area contributed by atoms with Crippen LogP contribution in [0.5, 0.6) is 5.75 Å². The molecule has 5 rings (SSSR count). The van der Waals surface area contributed by atoms with Crippen LogP contribution in [0.1, 0.15) is 49.4 Å². The van der Waals surface area contributed by atoms with Gasteiger partial charge in [0.2, 0.25) is 15.8 Å². The Morgan fingerprint density at radius 1 is 1.28 bits per heavy atom. The third-order valence-electron chi connectivity index (χ3n) is 6.59. The van der Waals surface area contributed by atoms with Crippen molar-refractivity contribution >= 4 is 10.0 Å². The standard InChI is InChI=1S/C26H29N5O4S/c1-17(2)34-24-10-7-18(15-19(24)16-27)26-28-25(29-35-26)22-6-3-5-21-20(22)8-9-23(21)30-36(32,33)14-13-31-11-4-12-31/h3,5-7,10,15,17,23,30H,4,8-9,11-14H2,1-2H3/t23-/m0/s1. The van der Waals surface area contributed by atoms with Crippen LogP contribution in [0.4, 0.5) is 0 Å². The molecular weight excluding hydrogens is 478 g/mol. The maximum absolute atomic E-state index is 12.7. The summed E-state index contributed by atoms with van der Waals surface area (Å²) in [5, 5.41) is 13.7. The largest absolute Gasteiger partial charge is 0.490 e. The summed E-state index contributed by atoms with van der Waals surface area (Å²) in [6, 6.07) is 12.9. The van der Waals surface area contributed by atoms with Crippen LogP contribution in [0.2, 0.25) is 0 Å². The molecule has 36 heavy (non-hydrogen) atoms. The van der Waals surface area contributed by atoms with E-state index >= 15 is 0 Å². The van der Waals surface area contributed by atoms with E-state index in [1.54, 1.807) is 18.2 Å². The second-order valence-corrected chi connectivity index (χ2v) is 11.4. The van der Waals surface area contributed by atoms with Crippen molar-refractivity contribution in [1.29, 1.82) is 5.26 Å². The highest BCUT2D eigenvalue weighted by atomic mass is 32.2. The number of nitrogens with zero attached hydrogens (tertiary/aromatic N) is 4. The number of ether oxygens (including phenoxy) is 1. The van der Waals surface area contributed by atoms with Crippen LogP contribution in [0.3, 0.4) is 0 Å². The molecule has 10 heteroatoms. The van der Waals surface area contributed by atoms with E-state index in [1.807, 2.05) is 32.0 Å². The Kier molecular flexibility index (Phi) is 6.79. The molecule has 2 aromatic carbocycles. The number of benzene rings is 2. The van der Waals surface area contributed by atoms with Gasteiger partial charge >= 0.3 is 0 Å². The average molecular weight is 508 g/mol. The zero-order valence-corrected chi connectivity index (χ0v) is 21.2. The van der Waals surface area contributed by atoms with Crippen LogP contribution in [0.25, 0.3) is 22.8 Å². The fraction of sp³-hybridized carbons (Fsp3) is 0.423. The van der Waals surface area contributed by atoms with Gasteiger partial charge in [0.15, 0.2) is 0 Å². The smallest absolute Gasteiger partial charge is 0.258 e. The van der Waals surface area contributed by atoms with Crippen molar-refractivity contribution in [3.63, 3.8) is 0 Å². The minimum Gasteiger partial charge on any atom is -0.490 e. The van der Waals surface area contributed by atoms with Crippen LogP contribution < -0.4 is 9.46 Å². The Labute approximate surface area is 211 Å². The monoisotopic (exact) mass is 507 g/mol. The summed E-state index contributed by atoms with van der Waals surface area (Å²) >= 11 is 0. The van der Waals surface area contributed by atoms with Crippen LogP contribution in [-0.4, -0.2) is 54.9 Å². The first-order valence-electron chi connectivity index (χ1n) is 12.2. The van der Waals surface area contributed by atoms with E-state index in [4.69, 9.17) is 9.26 Å². The first-order valence-corrected chi connectivity index (χ1v) is 13.9. The second kappa shape index (κ2) is 10.0. The SMILES string of the molecule is CC(C)Oc1ccc(-c2nc(-c3cccc4c3CC[C@@H]4NS(=O)(=O)CCN3CCC3)no2)cc1C#N. The lowest BCUT2D eigenvalue weighted by Gasteiger charge is -2.30. The normalized spacial score (nSPS) is 17.6. The molecule has 188 valence electrons. The number of hydrogen-bond donors (Lipinski definition) is 1. The summed E-state index contributed by atoms with van der Waals surface area (Å²) in [4.78, 5) is 6.74. The van der Waals surface area contributed by atoms with E-state index in [1.165, 1.54) is 0 Å². The van der Waals surface area contributed by atoms with Gasteiger partial charge in [-0.25, -0.2) is 13.1 Å². The van der Waals surface area contributed by atoms with Gasteiger partial charge in [-0.1, -0.05) is 23.4 Å². The van der Waals surface area contributed by atoms with Crippen LogP contribution in [0.15, 0.2) is 40.9 Å². The van der Waals surface area contributed by atoms with Crippen LogP contribution >= 0.6 is 0 Å². The Morgan fingerprint density at radius 2 is 2.11 bits per heavy atom. The number of sulfonamides is 1. The molecule has 1 aromatic heterocycles. The zero-order valence-electron chi connectivity index (χ0n) is 20.4. The predicted octanol–water partition coefficient (Wildman–Crippen LogP) is 3.67. The summed E-state index contributed by atoms with van der Waals surface area (Å²) < 4.78 is 39.5. The Morgan fingerprint density at radius 3 is 2.83 bits per heavy atom. The molecule has 2 aliphatic rings. The molecule has 0 bridgehead atoms. The number of nitrogens with one attached hydrogen (secondary N) is 1. The van der Waals surface area contributed by atoms with E-state index in [9.17, 15) is 13.7 Å². The lowest BCUT2D eigenvalue weighted by atomic mass is 10.0. The molecule has 0 spiro atoms. The maximum atomic E-state index is 12.7. The fourth-order valence-corrected chi connectivity index (χ4v) is 5.97. The molecule has 2 heterocycles. The number of rotatable bonds is 9. The minimum atomic E-state index is -3.38. The maximum Gasteiger partial charge on any atom is 0.258 e. The van der Waals surface area contributed by atoms with Gasteiger partial charge in [0.1, 0.15) is 11.8 Å². The quantitative estimate of drug-likeness (QED) is 0.466. The first kappa shape index (κ1) is 24.4. The lowest BCUT2D eigenvalue weighted by molar-refractivity contribution is 0.193. The van der Waals surface area contributed by atoms with E-state index in [-0.39, 0.29) is 17.9 Å². The molecule has 1 aliphatic carbocycles. The van der Waals surface area contributed by atoms with E-state index in [0.29, 0.717) is 48.0 Å². The van der Waals surface area contributed by atoms with Gasteiger partial charge in [-0.15, -0.1) is 0 Å². The molecule has 9 nitrogen and oxygen atoms in total. The van der Waals surface area contributed by atoms with Gasteiger partial charge in [-0.3, -0.25) is 0 Å². The lowest BCUT2D eigenvalue weighted by Crippen LogP contribution is -2.42. The van der Waals surface area contributed by atoms with E-state index in [0.717, 1.165) is 36.2 Å². The third kappa shape index (κ3) is 5.14. The van der Waals surface area contributed by atoms with Crippen molar-refractivity contribution in [2.24, 2.45) is 0 Å². The molecule has 1 saturated heterocycles. The molecule has 0 unspecified atom stereocenters. The van der Waals surface area contributed by atoms with Crippen molar-refractivity contribution in [2.45, 2.75) is 45.3 Å². The highest BCUT2D eigenvalue weighted by Crippen LogP contribution is 2.38. The van der Waals surface area contributed by atoms with Crippen molar-refractivity contribution in [3.05, 3.63) is 53.1 Å². The number of nitriles is 1. The highest BCUT2D eigenvalue weighted by Gasteiger charge is 2.30. The van der Waals surface area contributed by atoms with Crippen molar-refractivity contribution < 1.29 is 17.7 Å². The van der Waals surface area contributed by atoms with Gasteiger partial charge in [-0.05, 0) is 75.5 Å². The molecule has 0 saturated carbocycles. The molecule has 1 N–H and O–H groups in total. The molecule has 1 fully saturated rings. The summed E-state index contributed by atoms with van der Waals surface area (Å²) in [5.41, 5.74) is 3.82. The second-order valence-electron chi connectivity index (χ2n) is 9.51. The van der Waals surface area contributed by atoms with E-state index < -0.39 is 10.0 Å². The predicted molar refractivity (Wildman–Crippen MR) is 135 cm³/mol. The van der Waals surface area contributed by atoms with Gasteiger partial charge in [0.25, 0.3) is 5.89 Å². The van der Waals surface area contributed by atoms with Gasteiger partial charge in [0.05, 0.1) is 17.4 Å². The zero-order chi connectivity index (χ0) is 25.3. The van der Waals surface area contributed by atoms with Crippen molar-refractivity contribution in [1.82, 2.24) is 19.8 Å². The fourth-order valence-electron chi connectivity index (χ4n) is 4.67. The average Bonchev–Trinajstić information content (AvgIpc) is 3.45. The minimum absolute atomic E-state index is 0.0491. The summed E-state index contributed by atoms with van der Waals surface area (Å²) in [7, 11) is -3.38. The Hall–Kier alpha value is -3.26. The van der Waals surface area contributed by atoms with Crippen molar-refractivity contribution in [2.75, 3.05) is 25.4 Å². The summed E-state index contributed by atoms with van der Waals surface area (Å²) in [5.74, 6) is 1.36. The molecule has 0 amide bonds. The highest BCUT2D eigenvalue weighted by molar-refractivity contribution is 7.89. The molecule has 3 aromatic rings. The van der Waals surface area contributed by atoms with Gasteiger partial charge in [0, 0.05) is 23.7 Å². The van der Waals surface area contributed by atoms with Gasteiger partial charge in [-0.2, -0.15) is 10.2 Å². The van der Waals surface area contributed by atoms with Crippen LogP contribution in [0, 0.1) is 11.3 Å². The first-order chi connectivity index (χ1) is 17.3. The number of hydrogen-bond acceptors (Lipinski definition) is 8. The number of aromatic nitrogens is 2. The Bertz CT molecular complexity index is 1410. The van der Waals surface area contributed by atoms with Crippen LogP contribution in [-0.2, 0) is 16.4 Å². The number of likely N-dealkylation sites (tertiary alicyclic amines) is 1.